The van der Waals surface area contributed by atoms with Crippen LogP contribution in [-0.4, -0.2) is 13.0 Å². The molecule has 2 aromatic carbocycles. The number of carbonyl (C=O) groups is 1. The van der Waals surface area contributed by atoms with Gasteiger partial charge in [0.2, 0.25) is 5.91 Å². The number of amides is 1. The number of halogens is 1. The molecule has 0 saturated heterocycles. The zero-order valence-corrected chi connectivity index (χ0v) is 13.0. The fraction of sp³-hybridized carbons (Fsp3) is 0.188. The van der Waals surface area contributed by atoms with Gasteiger partial charge >= 0.3 is 0 Å². The summed E-state index contributed by atoms with van der Waals surface area (Å²) in [5.41, 5.74) is 2.78. The molecule has 1 N–H and O–H groups in total. The van der Waals surface area contributed by atoms with Crippen molar-refractivity contribution in [3.63, 3.8) is 0 Å². The molecule has 0 aromatic heterocycles. The molecule has 4 heteroatoms. The Kier molecular flexibility index (Phi) is 4.79. The van der Waals surface area contributed by atoms with Crippen molar-refractivity contribution in [3.8, 4) is 5.75 Å². The van der Waals surface area contributed by atoms with E-state index in [9.17, 15) is 4.79 Å². The maximum absolute atomic E-state index is 12.1. The summed E-state index contributed by atoms with van der Waals surface area (Å²) < 4.78 is 6.13. The number of carbonyl (C=O) groups excluding carboxylic acids is 1. The first kappa shape index (κ1) is 14.6. The van der Waals surface area contributed by atoms with Crippen LogP contribution in [0.25, 0.3) is 0 Å². The standard InChI is InChI=1S/C16H16BrNO2/c1-11-7-8-14(13(17)9-11)18-16(19)10-12-5-3-4-6-15(12)20-2/h3-9H,10H2,1-2H3,(H,18,19). The number of hydrogen-bond acceptors (Lipinski definition) is 2. The monoisotopic (exact) mass is 333 g/mol. The minimum atomic E-state index is -0.0703. The molecular weight excluding hydrogens is 318 g/mol. The minimum Gasteiger partial charge on any atom is -0.496 e. The Morgan fingerprint density at radius 1 is 1.25 bits per heavy atom. The van der Waals surface area contributed by atoms with E-state index in [4.69, 9.17) is 4.74 Å². The topological polar surface area (TPSA) is 38.3 Å². The van der Waals surface area contributed by atoms with Gasteiger partial charge in [-0.05, 0) is 46.6 Å². The zero-order chi connectivity index (χ0) is 14.5. The lowest BCUT2D eigenvalue weighted by Crippen LogP contribution is -2.15. The highest BCUT2D eigenvalue weighted by Crippen LogP contribution is 2.24. The van der Waals surface area contributed by atoms with Gasteiger partial charge in [0, 0.05) is 10.0 Å². The molecule has 0 fully saturated rings. The number of para-hydroxylation sites is 1. The van der Waals surface area contributed by atoms with Gasteiger partial charge in [-0.15, -0.1) is 0 Å². The average molecular weight is 334 g/mol. The number of nitrogens with one attached hydrogen (secondary N) is 1. The fourth-order valence-electron chi connectivity index (χ4n) is 1.94. The maximum Gasteiger partial charge on any atom is 0.228 e. The third-order valence-corrected chi connectivity index (χ3v) is 3.60. The zero-order valence-electron chi connectivity index (χ0n) is 11.4. The van der Waals surface area contributed by atoms with Gasteiger partial charge in [-0.3, -0.25) is 4.79 Å². The molecule has 104 valence electrons. The summed E-state index contributed by atoms with van der Waals surface area (Å²) in [6.45, 7) is 2.01. The molecule has 0 bridgehead atoms. The van der Waals surface area contributed by atoms with Crippen LogP contribution in [0, 0.1) is 6.92 Å². The minimum absolute atomic E-state index is 0.0703. The normalized spacial score (nSPS) is 10.2. The van der Waals surface area contributed by atoms with Crippen LogP contribution >= 0.6 is 15.9 Å². The van der Waals surface area contributed by atoms with Crippen LogP contribution in [-0.2, 0) is 11.2 Å². The van der Waals surface area contributed by atoms with Crippen molar-refractivity contribution in [1.29, 1.82) is 0 Å². The van der Waals surface area contributed by atoms with E-state index in [1.807, 2.05) is 49.4 Å². The average Bonchev–Trinajstić information content (AvgIpc) is 2.42. The van der Waals surface area contributed by atoms with E-state index in [1.165, 1.54) is 0 Å². The van der Waals surface area contributed by atoms with E-state index in [1.54, 1.807) is 7.11 Å². The molecule has 0 heterocycles. The number of benzene rings is 2. The largest absolute Gasteiger partial charge is 0.496 e. The maximum atomic E-state index is 12.1. The molecule has 0 unspecified atom stereocenters. The van der Waals surface area contributed by atoms with Crippen LogP contribution in [0.2, 0.25) is 0 Å². The molecule has 0 saturated carbocycles. The molecule has 0 radical (unpaired) electrons. The van der Waals surface area contributed by atoms with Crippen LogP contribution in [0.1, 0.15) is 11.1 Å². The molecule has 3 nitrogen and oxygen atoms in total. The Bertz CT molecular complexity index is 626. The summed E-state index contributed by atoms with van der Waals surface area (Å²) >= 11 is 3.45. The number of methoxy groups -OCH3 is 1. The molecular formula is C16H16BrNO2. The Morgan fingerprint density at radius 2 is 2.00 bits per heavy atom. The number of rotatable bonds is 4. The van der Waals surface area contributed by atoms with Crippen molar-refractivity contribution in [2.45, 2.75) is 13.3 Å². The molecule has 0 atom stereocenters. The summed E-state index contributed by atoms with van der Waals surface area (Å²) in [6.07, 6.45) is 0.282. The molecule has 20 heavy (non-hydrogen) atoms. The lowest BCUT2D eigenvalue weighted by atomic mass is 10.1. The van der Waals surface area contributed by atoms with Gasteiger partial charge in [-0.25, -0.2) is 0 Å². The van der Waals surface area contributed by atoms with Crippen LogP contribution in [0.4, 0.5) is 5.69 Å². The number of anilines is 1. The van der Waals surface area contributed by atoms with Crippen LogP contribution in [0.3, 0.4) is 0 Å². The van der Waals surface area contributed by atoms with Crippen molar-refractivity contribution in [2.75, 3.05) is 12.4 Å². The second-order valence-corrected chi connectivity index (χ2v) is 5.37. The van der Waals surface area contributed by atoms with E-state index < -0.39 is 0 Å². The van der Waals surface area contributed by atoms with Gasteiger partial charge in [-0.2, -0.15) is 0 Å². The first-order chi connectivity index (χ1) is 9.60. The summed E-state index contributed by atoms with van der Waals surface area (Å²) in [6, 6.07) is 13.3. The first-order valence-corrected chi connectivity index (χ1v) is 7.07. The summed E-state index contributed by atoms with van der Waals surface area (Å²) in [5, 5.41) is 2.90. The van der Waals surface area contributed by atoms with E-state index in [0.29, 0.717) is 0 Å². The molecule has 0 aliphatic carbocycles. The molecule has 2 aromatic rings. The number of hydrogen-bond donors (Lipinski definition) is 1. The Labute approximate surface area is 127 Å². The van der Waals surface area contributed by atoms with Gasteiger partial charge < -0.3 is 10.1 Å². The highest BCUT2D eigenvalue weighted by atomic mass is 79.9. The Balaban J connectivity index is 2.09. The van der Waals surface area contributed by atoms with Gasteiger partial charge in [0.25, 0.3) is 0 Å². The van der Waals surface area contributed by atoms with Crippen molar-refractivity contribution in [3.05, 3.63) is 58.1 Å². The van der Waals surface area contributed by atoms with Crippen molar-refractivity contribution in [2.24, 2.45) is 0 Å². The lowest BCUT2D eigenvalue weighted by Gasteiger charge is -2.10. The highest BCUT2D eigenvalue weighted by molar-refractivity contribution is 9.10. The van der Waals surface area contributed by atoms with Crippen molar-refractivity contribution >= 4 is 27.5 Å². The van der Waals surface area contributed by atoms with Gasteiger partial charge in [-0.1, -0.05) is 24.3 Å². The number of aryl methyl sites for hydroxylation is 1. The van der Waals surface area contributed by atoms with Gasteiger partial charge in [0.05, 0.1) is 19.2 Å². The predicted octanol–water partition coefficient (Wildman–Crippen LogP) is 3.95. The Hall–Kier alpha value is -1.81. The van der Waals surface area contributed by atoms with Gasteiger partial charge in [0.1, 0.15) is 5.75 Å². The molecule has 2 rings (SSSR count). The molecule has 1 amide bonds. The second-order valence-electron chi connectivity index (χ2n) is 4.52. The van der Waals surface area contributed by atoms with Crippen LogP contribution < -0.4 is 10.1 Å². The van der Waals surface area contributed by atoms with E-state index in [-0.39, 0.29) is 12.3 Å². The van der Waals surface area contributed by atoms with Crippen LogP contribution in [0.5, 0.6) is 5.75 Å². The van der Waals surface area contributed by atoms with Crippen LogP contribution in [0.15, 0.2) is 46.9 Å². The third kappa shape index (κ3) is 3.61. The quantitative estimate of drug-likeness (QED) is 0.919. The van der Waals surface area contributed by atoms with Gasteiger partial charge in [0.15, 0.2) is 0 Å². The van der Waals surface area contributed by atoms with E-state index in [2.05, 4.69) is 21.2 Å². The summed E-state index contributed by atoms with van der Waals surface area (Å²) in [5.74, 6) is 0.657. The fourth-order valence-corrected chi connectivity index (χ4v) is 2.53. The number of ether oxygens (including phenoxy) is 1. The summed E-state index contributed by atoms with van der Waals surface area (Å²) in [4.78, 5) is 12.1. The lowest BCUT2D eigenvalue weighted by molar-refractivity contribution is -0.115. The predicted molar refractivity (Wildman–Crippen MR) is 84.2 cm³/mol. The molecule has 0 aliphatic rings. The van der Waals surface area contributed by atoms with E-state index >= 15 is 0 Å². The van der Waals surface area contributed by atoms with Crippen molar-refractivity contribution in [1.82, 2.24) is 0 Å². The van der Waals surface area contributed by atoms with E-state index in [0.717, 1.165) is 27.0 Å². The molecule has 0 aliphatic heterocycles. The third-order valence-electron chi connectivity index (χ3n) is 2.94. The molecule has 0 spiro atoms. The highest BCUT2D eigenvalue weighted by Gasteiger charge is 2.10. The smallest absolute Gasteiger partial charge is 0.228 e. The Morgan fingerprint density at radius 3 is 2.70 bits per heavy atom. The van der Waals surface area contributed by atoms with Crippen molar-refractivity contribution < 1.29 is 9.53 Å². The second kappa shape index (κ2) is 6.57. The summed E-state index contributed by atoms with van der Waals surface area (Å²) in [7, 11) is 1.60. The first-order valence-electron chi connectivity index (χ1n) is 6.28. The SMILES string of the molecule is COc1ccccc1CC(=O)Nc1ccc(C)cc1Br.